The predicted octanol–water partition coefficient (Wildman–Crippen LogP) is 5.17. The number of benzene rings is 1. The highest BCUT2D eigenvalue weighted by Gasteiger charge is 2.37. The highest BCUT2D eigenvalue weighted by atomic mass is 28.4. The van der Waals surface area contributed by atoms with Crippen molar-refractivity contribution in [3.8, 4) is 5.75 Å². The van der Waals surface area contributed by atoms with E-state index in [9.17, 15) is 9.59 Å². The van der Waals surface area contributed by atoms with Gasteiger partial charge in [-0.15, -0.1) is 0 Å². The van der Waals surface area contributed by atoms with Gasteiger partial charge >= 0.3 is 12.1 Å². The maximum absolute atomic E-state index is 12.6. The predicted molar refractivity (Wildman–Crippen MR) is 128 cm³/mol. The van der Waals surface area contributed by atoms with Crippen LogP contribution in [0.5, 0.6) is 5.75 Å². The zero-order valence-corrected chi connectivity index (χ0v) is 22.6. The molecule has 1 atom stereocenters. The number of amides is 1. The molecule has 1 aromatic carbocycles. The first-order valence-corrected chi connectivity index (χ1v) is 13.8. The summed E-state index contributed by atoms with van der Waals surface area (Å²) in [4.78, 5) is 26.4. The molecule has 0 fully saturated rings. The van der Waals surface area contributed by atoms with E-state index in [1.807, 2.05) is 18.2 Å². The van der Waals surface area contributed by atoms with E-state index in [4.69, 9.17) is 18.6 Å². The van der Waals surface area contributed by atoms with Crippen molar-refractivity contribution in [2.75, 3.05) is 21.3 Å². The molecule has 0 bridgehead atoms. The summed E-state index contributed by atoms with van der Waals surface area (Å²) in [6, 6.07) is 4.92. The molecule has 1 aromatic rings. The van der Waals surface area contributed by atoms with Gasteiger partial charge in [-0.2, -0.15) is 0 Å². The van der Waals surface area contributed by atoms with Crippen LogP contribution in [0.15, 0.2) is 18.2 Å². The van der Waals surface area contributed by atoms with Crippen LogP contribution < -0.4 is 4.74 Å². The zero-order chi connectivity index (χ0) is 24.9. The second-order valence-electron chi connectivity index (χ2n) is 10.5. The third kappa shape index (κ3) is 7.81. The molecule has 0 saturated heterocycles. The van der Waals surface area contributed by atoms with E-state index in [1.165, 1.54) is 19.1 Å². The zero-order valence-electron chi connectivity index (χ0n) is 21.6. The molecule has 32 heavy (non-hydrogen) atoms. The molecule has 0 N–H and O–H groups in total. The maximum Gasteiger partial charge on any atom is 0.410 e. The molecule has 0 aromatic heterocycles. The smallest absolute Gasteiger partial charge is 0.410 e. The molecule has 0 saturated carbocycles. The van der Waals surface area contributed by atoms with Crippen LogP contribution in [-0.2, 0) is 31.7 Å². The quantitative estimate of drug-likeness (QED) is 0.388. The van der Waals surface area contributed by atoms with Crippen LogP contribution in [0.1, 0.15) is 52.7 Å². The molecule has 1 rings (SSSR count). The molecular formula is C24H41NO6Si. The van der Waals surface area contributed by atoms with Gasteiger partial charge in [0, 0.05) is 13.5 Å². The molecular weight excluding hydrogens is 426 g/mol. The molecule has 0 aliphatic heterocycles. The summed E-state index contributed by atoms with van der Waals surface area (Å²) in [7, 11) is 2.50. The second-order valence-corrected chi connectivity index (χ2v) is 15.3. The minimum Gasteiger partial charge on any atom is -0.496 e. The third-order valence-corrected chi connectivity index (χ3v) is 10.3. The number of ether oxygens (including phenoxy) is 3. The Labute approximate surface area is 194 Å². The first-order valence-electron chi connectivity index (χ1n) is 10.9. The lowest BCUT2D eigenvalue weighted by Crippen LogP contribution is -2.46. The Hall–Kier alpha value is -2.06. The summed E-state index contributed by atoms with van der Waals surface area (Å²) in [6.07, 6.45) is -0.372. The van der Waals surface area contributed by atoms with Gasteiger partial charge in [0.2, 0.25) is 0 Å². The molecule has 0 radical (unpaired) electrons. The first-order chi connectivity index (χ1) is 14.5. The van der Waals surface area contributed by atoms with E-state index in [1.54, 1.807) is 27.9 Å². The number of hydrogen-bond acceptors (Lipinski definition) is 6. The van der Waals surface area contributed by atoms with Crippen molar-refractivity contribution in [3.63, 3.8) is 0 Å². The lowest BCUT2D eigenvalue weighted by molar-refractivity contribution is -0.146. The van der Waals surface area contributed by atoms with Crippen LogP contribution in [-0.4, -0.2) is 58.2 Å². The van der Waals surface area contributed by atoms with Gasteiger partial charge in [0.1, 0.15) is 17.4 Å². The first kappa shape index (κ1) is 28.0. The Morgan fingerprint density at radius 1 is 1.06 bits per heavy atom. The lowest BCUT2D eigenvalue weighted by atomic mass is 10.0. The van der Waals surface area contributed by atoms with Crippen molar-refractivity contribution in [2.45, 2.75) is 84.3 Å². The summed E-state index contributed by atoms with van der Waals surface area (Å²) < 4.78 is 22.3. The van der Waals surface area contributed by atoms with Crippen molar-refractivity contribution in [3.05, 3.63) is 29.3 Å². The van der Waals surface area contributed by atoms with Crippen molar-refractivity contribution >= 4 is 20.4 Å². The van der Waals surface area contributed by atoms with Gasteiger partial charge in [-0.05, 0) is 62.2 Å². The van der Waals surface area contributed by atoms with Gasteiger partial charge in [0.25, 0.3) is 0 Å². The number of esters is 1. The molecule has 0 aliphatic rings. The van der Waals surface area contributed by atoms with Crippen LogP contribution in [0.25, 0.3) is 0 Å². The molecule has 1 amide bonds. The Balaban J connectivity index is 3.17. The van der Waals surface area contributed by atoms with Crippen molar-refractivity contribution < 1.29 is 28.2 Å². The van der Waals surface area contributed by atoms with Gasteiger partial charge in [-0.1, -0.05) is 26.8 Å². The van der Waals surface area contributed by atoms with Crippen molar-refractivity contribution in [1.29, 1.82) is 0 Å². The number of likely N-dealkylation sites (N-methyl/N-ethyl adjacent to an activating group) is 1. The average Bonchev–Trinajstić information content (AvgIpc) is 2.67. The normalized spacial score (nSPS) is 13.3. The van der Waals surface area contributed by atoms with E-state index in [-0.39, 0.29) is 11.5 Å². The van der Waals surface area contributed by atoms with Crippen LogP contribution >= 0.6 is 0 Å². The van der Waals surface area contributed by atoms with E-state index in [0.717, 1.165) is 11.1 Å². The lowest BCUT2D eigenvalue weighted by Gasteiger charge is -2.36. The number of rotatable bonds is 8. The SMILES string of the molecule is COC(=O)[C@H](Cc1cc(CO[Si](C)(C)C(C)(C)C)ccc1OC)N(C)C(=O)OC(C)(C)C. The fraction of sp³-hybridized carbons (Fsp3) is 0.667. The molecule has 0 aliphatic carbocycles. The number of methoxy groups -OCH3 is 2. The number of carbonyl (C=O) groups is 2. The van der Waals surface area contributed by atoms with Crippen molar-refractivity contribution in [2.24, 2.45) is 0 Å². The second kappa shape index (κ2) is 10.7. The molecule has 182 valence electrons. The van der Waals surface area contributed by atoms with Crippen molar-refractivity contribution in [1.82, 2.24) is 4.90 Å². The molecule has 0 unspecified atom stereocenters. The Morgan fingerprint density at radius 2 is 1.66 bits per heavy atom. The minimum atomic E-state index is -1.91. The van der Waals surface area contributed by atoms with E-state index >= 15 is 0 Å². The van der Waals surface area contributed by atoms with Gasteiger partial charge < -0.3 is 18.6 Å². The molecule has 0 spiro atoms. The third-order valence-electron chi connectivity index (χ3n) is 5.79. The Morgan fingerprint density at radius 3 is 2.12 bits per heavy atom. The fourth-order valence-corrected chi connectivity index (χ4v) is 3.71. The molecule has 0 heterocycles. The van der Waals surface area contributed by atoms with Gasteiger partial charge in [0.05, 0.1) is 20.8 Å². The van der Waals surface area contributed by atoms with E-state index in [2.05, 4.69) is 33.9 Å². The van der Waals surface area contributed by atoms with E-state index < -0.39 is 32.0 Å². The van der Waals surface area contributed by atoms with Crippen LogP contribution in [0, 0.1) is 0 Å². The summed E-state index contributed by atoms with van der Waals surface area (Å²) in [5.41, 5.74) is 1.09. The molecule has 8 heteroatoms. The summed E-state index contributed by atoms with van der Waals surface area (Å²) in [5, 5.41) is 0.106. The van der Waals surface area contributed by atoms with Crippen LogP contribution in [0.3, 0.4) is 0 Å². The maximum atomic E-state index is 12.6. The Kier molecular flexibility index (Phi) is 9.35. The topological polar surface area (TPSA) is 74.3 Å². The monoisotopic (exact) mass is 467 g/mol. The summed E-state index contributed by atoms with van der Waals surface area (Å²) in [5.74, 6) is 0.107. The number of carbonyl (C=O) groups excluding carboxylic acids is 2. The van der Waals surface area contributed by atoms with Gasteiger partial charge in [0.15, 0.2) is 8.32 Å². The standard InChI is InChI=1S/C24H41NO6Si/c1-23(2,3)31-22(27)25(7)19(21(26)29-9)15-18-14-17(12-13-20(18)28-8)16-30-32(10,11)24(4,5)6/h12-14,19H,15-16H2,1-11H3/t19-/m0/s1. The summed E-state index contributed by atoms with van der Waals surface area (Å²) in [6.45, 7) is 16.8. The minimum absolute atomic E-state index is 0.106. The van der Waals surface area contributed by atoms with Crippen LogP contribution in [0.2, 0.25) is 18.1 Å². The van der Waals surface area contributed by atoms with Gasteiger partial charge in [-0.25, -0.2) is 9.59 Å². The highest BCUT2D eigenvalue weighted by molar-refractivity contribution is 6.74. The molecule has 7 nitrogen and oxygen atoms in total. The van der Waals surface area contributed by atoms with Crippen LogP contribution in [0.4, 0.5) is 4.79 Å². The fourth-order valence-electron chi connectivity index (χ4n) is 2.75. The largest absolute Gasteiger partial charge is 0.496 e. The van der Waals surface area contributed by atoms with Gasteiger partial charge in [-0.3, -0.25) is 4.90 Å². The van der Waals surface area contributed by atoms with E-state index in [0.29, 0.717) is 12.4 Å². The summed E-state index contributed by atoms with van der Waals surface area (Å²) >= 11 is 0. The Bertz CT molecular complexity index is 795. The number of nitrogens with zero attached hydrogens (tertiary/aromatic N) is 1. The average molecular weight is 468 g/mol. The highest BCUT2D eigenvalue weighted by Crippen LogP contribution is 2.37. The number of hydrogen-bond donors (Lipinski definition) is 0.